The molecule has 0 radical (unpaired) electrons. The van der Waals surface area contributed by atoms with E-state index in [-0.39, 0.29) is 5.92 Å². The van der Waals surface area contributed by atoms with E-state index in [4.69, 9.17) is 14.2 Å². The van der Waals surface area contributed by atoms with Crippen molar-refractivity contribution in [3.63, 3.8) is 0 Å². The van der Waals surface area contributed by atoms with Gasteiger partial charge in [0.15, 0.2) is 0 Å². The van der Waals surface area contributed by atoms with E-state index in [2.05, 4.69) is 29.2 Å². The van der Waals surface area contributed by atoms with Crippen molar-refractivity contribution in [3.05, 3.63) is 54.4 Å². The molecule has 3 rings (SSSR count). The van der Waals surface area contributed by atoms with E-state index < -0.39 is 5.97 Å². The third-order valence-corrected chi connectivity index (χ3v) is 4.03. The van der Waals surface area contributed by atoms with Gasteiger partial charge in [-0.05, 0) is 35.2 Å². The van der Waals surface area contributed by atoms with Crippen LogP contribution in [0.4, 0.5) is 0 Å². The highest BCUT2D eigenvalue weighted by atomic mass is 16.9. The summed E-state index contributed by atoms with van der Waals surface area (Å²) in [6, 6.07) is 12.5. The molecule has 0 amide bonds. The van der Waals surface area contributed by atoms with Crippen LogP contribution in [0.2, 0.25) is 0 Å². The molecule has 110 valence electrons. The summed E-state index contributed by atoms with van der Waals surface area (Å²) in [6.07, 6.45) is 4.49. The van der Waals surface area contributed by atoms with Crippen LogP contribution in [-0.2, 0) is 14.2 Å². The van der Waals surface area contributed by atoms with E-state index >= 15 is 0 Å². The highest BCUT2D eigenvalue weighted by Crippen LogP contribution is 2.41. The van der Waals surface area contributed by atoms with Crippen LogP contribution >= 0.6 is 0 Å². The van der Waals surface area contributed by atoms with Crippen LogP contribution in [0, 0.1) is 0 Å². The molecule has 1 aromatic carbocycles. The summed E-state index contributed by atoms with van der Waals surface area (Å²) in [6.45, 7) is 0.637. The Balaban J connectivity index is 1.88. The maximum Gasteiger partial charge on any atom is 0.289 e. The van der Waals surface area contributed by atoms with Crippen molar-refractivity contribution in [1.82, 2.24) is 4.98 Å². The molecule has 0 spiro atoms. The van der Waals surface area contributed by atoms with Gasteiger partial charge in [0.05, 0.1) is 12.5 Å². The molecule has 4 nitrogen and oxygen atoms in total. The highest BCUT2D eigenvalue weighted by molar-refractivity contribution is 5.63. The predicted molar refractivity (Wildman–Crippen MR) is 79.7 cm³/mol. The van der Waals surface area contributed by atoms with Crippen molar-refractivity contribution in [2.75, 3.05) is 20.8 Å². The van der Waals surface area contributed by atoms with Crippen LogP contribution in [0.1, 0.15) is 17.9 Å². The standard InChI is InChI=1S/C17H19NO3/c1-19-17(20-2)16(9-12-21-17)15-5-3-13(4-6-15)14-7-10-18-11-8-14/h3-8,10-11,16H,9,12H2,1-2H3. The second kappa shape index (κ2) is 5.93. The molecular formula is C17H19NO3. The molecule has 0 bridgehead atoms. The van der Waals surface area contributed by atoms with Crippen LogP contribution in [0.15, 0.2) is 48.8 Å². The molecule has 21 heavy (non-hydrogen) atoms. The SMILES string of the molecule is COC1(OC)OCCC1c1ccc(-c2ccncc2)cc1. The minimum absolute atomic E-state index is 0.0824. The summed E-state index contributed by atoms with van der Waals surface area (Å²) in [5, 5.41) is 0. The fourth-order valence-corrected chi connectivity index (χ4v) is 2.91. The summed E-state index contributed by atoms with van der Waals surface area (Å²) in [7, 11) is 3.24. The maximum atomic E-state index is 5.67. The number of methoxy groups -OCH3 is 2. The first-order valence-electron chi connectivity index (χ1n) is 7.03. The fraction of sp³-hybridized carbons (Fsp3) is 0.353. The van der Waals surface area contributed by atoms with Gasteiger partial charge in [-0.1, -0.05) is 24.3 Å². The third-order valence-electron chi connectivity index (χ3n) is 4.03. The molecule has 1 aromatic heterocycles. The first-order chi connectivity index (χ1) is 10.3. The average Bonchev–Trinajstić information content (AvgIpc) is 3.00. The van der Waals surface area contributed by atoms with E-state index in [1.54, 1.807) is 26.6 Å². The van der Waals surface area contributed by atoms with Gasteiger partial charge in [-0.3, -0.25) is 4.98 Å². The summed E-state index contributed by atoms with van der Waals surface area (Å²) in [5.74, 6) is -0.878. The van der Waals surface area contributed by atoms with Crippen LogP contribution in [-0.4, -0.2) is 31.8 Å². The molecule has 0 aliphatic carbocycles. The van der Waals surface area contributed by atoms with Crippen molar-refractivity contribution in [2.24, 2.45) is 0 Å². The molecule has 1 aliphatic rings. The Kier molecular flexibility index (Phi) is 4.01. The summed E-state index contributed by atoms with van der Waals surface area (Å²) in [4.78, 5) is 4.04. The van der Waals surface area contributed by atoms with Crippen molar-refractivity contribution >= 4 is 0 Å². The van der Waals surface area contributed by atoms with Gasteiger partial charge in [-0.25, -0.2) is 0 Å². The van der Waals surface area contributed by atoms with Gasteiger partial charge in [0.1, 0.15) is 0 Å². The molecular weight excluding hydrogens is 266 g/mol. The van der Waals surface area contributed by atoms with E-state index in [1.165, 1.54) is 5.56 Å². The van der Waals surface area contributed by atoms with E-state index in [0.29, 0.717) is 6.61 Å². The van der Waals surface area contributed by atoms with Crippen LogP contribution in [0.3, 0.4) is 0 Å². The monoisotopic (exact) mass is 285 g/mol. The Morgan fingerprint density at radius 2 is 1.62 bits per heavy atom. The number of pyridine rings is 1. The van der Waals surface area contributed by atoms with Gasteiger partial charge < -0.3 is 14.2 Å². The van der Waals surface area contributed by atoms with Gasteiger partial charge in [-0.2, -0.15) is 0 Å². The Labute approximate surface area is 124 Å². The minimum atomic E-state index is -0.960. The van der Waals surface area contributed by atoms with Crippen LogP contribution in [0.5, 0.6) is 0 Å². The van der Waals surface area contributed by atoms with Gasteiger partial charge >= 0.3 is 0 Å². The lowest BCUT2D eigenvalue weighted by molar-refractivity contribution is -0.348. The maximum absolute atomic E-state index is 5.67. The normalized spacial score (nSPS) is 20.6. The lowest BCUT2D eigenvalue weighted by atomic mass is 9.93. The lowest BCUT2D eigenvalue weighted by Gasteiger charge is -2.31. The second-order valence-electron chi connectivity index (χ2n) is 5.06. The quantitative estimate of drug-likeness (QED) is 0.809. The molecule has 2 aromatic rings. The van der Waals surface area contributed by atoms with Crippen molar-refractivity contribution < 1.29 is 14.2 Å². The van der Waals surface area contributed by atoms with Gasteiger partial charge in [0, 0.05) is 26.6 Å². The second-order valence-corrected chi connectivity index (χ2v) is 5.06. The number of rotatable bonds is 4. The largest absolute Gasteiger partial charge is 0.330 e. The van der Waals surface area contributed by atoms with Crippen molar-refractivity contribution in [1.29, 1.82) is 0 Å². The molecule has 1 saturated heterocycles. The van der Waals surface area contributed by atoms with Gasteiger partial charge in [0.2, 0.25) is 0 Å². The zero-order chi connectivity index (χ0) is 14.7. The fourth-order valence-electron chi connectivity index (χ4n) is 2.91. The summed E-state index contributed by atoms with van der Waals surface area (Å²) in [5.41, 5.74) is 3.48. The average molecular weight is 285 g/mol. The van der Waals surface area contributed by atoms with Crippen molar-refractivity contribution in [2.45, 2.75) is 18.3 Å². The first kappa shape index (κ1) is 14.2. The molecule has 1 aliphatic heterocycles. The Morgan fingerprint density at radius 3 is 2.24 bits per heavy atom. The number of nitrogens with zero attached hydrogens (tertiary/aromatic N) is 1. The van der Waals surface area contributed by atoms with Crippen molar-refractivity contribution in [3.8, 4) is 11.1 Å². The zero-order valence-corrected chi connectivity index (χ0v) is 12.3. The zero-order valence-electron chi connectivity index (χ0n) is 12.3. The highest BCUT2D eigenvalue weighted by Gasteiger charge is 2.46. The summed E-state index contributed by atoms with van der Waals surface area (Å²) >= 11 is 0. The van der Waals surface area contributed by atoms with Gasteiger partial charge in [-0.15, -0.1) is 0 Å². The van der Waals surface area contributed by atoms with Crippen LogP contribution < -0.4 is 0 Å². The van der Waals surface area contributed by atoms with E-state index in [1.807, 2.05) is 12.1 Å². The smallest absolute Gasteiger partial charge is 0.289 e. The third kappa shape index (κ3) is 2.58. The molecule has 0 saturated carbocycles. The minimum Gasteiger partial charge on any atom is -0.330 e. The molecule has 1 fully saturated rings. The topological polar surface area (TPSA) is 40.6 Å². The van der Waals surface area contributed by atoms with E-state index in [9.17, 15) is 0 Å². The Hall–Kier alpha value is -1.75. The Morgan fingerprint density at radius 1 is 1.00 bits per heavy atom. The molecule has 2 heterocycles. The van der Waals surface area contributed by atoms with Crippen LogP contribution in [0.25, 0.3) is 11.1 Å². The Bertz CT molecular complexity index is 579. The number of hydrogen-bond donors (Lipinski definition) is 0. The number of ether oxygens (including phenoxy) is 3. The number of aromatic nitrogens is 1. The predicted octanol–water partition coefficient (Wildman–Crippen LogP) is 3.20. The van der Waals surface area contributed by atoms with Gasteiger partial charge in [0.25, 0.3) is 5.97 Å². The lowest BCUT2D eigenvalue weighted by Crippen LogP contribution is -2.38. The molecule has 0 N–H and O–H groups in total. The molecule has 1 unspecified atom stereocenters. The number of benzene rings is 1. The van der Waals surface area contributed by atoms with E-state index in [0.717, 1.165) is 17.5 Å². The first-order valence-corrected chi connectivity index (χ1v) is 7.03. The molecule has 4 heteroatoms. The summed E-state index contributed by atoms with van der Waals surface area (Å²) < 4.78 is 16.6. The number of hydrogen-bond acceptors (Lipinski definition) is 4. The molecule has 1 atom stereocenters.